The summed E-state index contributed by atoms with van der Waals surface area (Å²) in [6.07, 6.45) is -11.1. The second-order valence-corrected chi connectivity index (χ2v) is 6.31. The number of rotatable bonds is 5. The van der Waals surface area contributed by atoms with Crippen LogP contribution in [0.1, 0.15) is 11.1 Å². The fourth-order valence-electron chi connectivity index (χ4n) is 2.22. The van der Waals surface area contributed by atoms with Crippen LogP contribution in [0, 0.1) is 0 Å². The summed E-state index contributed by atoms with van der Waals surface area (Å²) in [6, 6.07) is 7.50. The molecule has 0 saturated carbocycles. The van der Waals surface area contributed by atoms with Crippen molar-refractivity contribution in [2.45, 2.75) is 18.3 Å². The molecule has 2 rings (SSSR count). The molecule has 30 heavy (non-hydrogen) atoms. The molecule has 0 saturated heterocycles. The molecule has 0 unspecified atom stereocenters. The molecule has 0 heterocycles. The molecule has 0 aliphatic heterocycles. The third-order valence-corrected chi connectivity index (χ3v) is 4.07. The highest BCUT2D eigenvalue weighted by atomic mass is 35.5. The first-order valence-electron chi connectivity index (χ1n) is 7.84. The van der Waals surface area contributed by atoms with Crippen LogP contribution < -0.4 is 11.1 Å². The van der Waals surface area contributed by atoms with Crippen LogP contribution in [0.4, 0.5) is 46.5 Å². The lowest BCUT2D eigenvalue weighted by molar-refractivity contribution is -0.266. The van der Waals surface area contributed by atoms with Crippen LogP contribution in [-0.4, -0.2) is 17.9 Å². The van der Waals surface area contributed by atoms with E-state index in [1.807, 2.05) is 0 Å². The molecular weight excluding hydrogens is 448 g/mol. The third-order valence-electron chi connectivity index (χ3n) is 3.76. The van der Waals surface area contributed by atoms with E-state index in [2.05, 4.69) is 5.32 Å². The van der Waals surface area contributed by atoms with Crippen LogP contribution in [0.2, 0.25) is 5.02 Å². The number of nitrogen functional groups attached to an aromatic ring is 1. The van der Waals surface area contributed by atoms with Gasteiger partial charge in [0.25, 0.3) is 0 Å². The van der Waals surface area contributed by atoms with E-state index in [9.17, 15) is 39.9 Å². The van der Waals surface area contributed by atoms with Gasteiger partial charge >= 0.3 is 18.3 Å². The number of nitrogens with one attached hydrogen (secondary N) is 1. The van der Waals surface area contributed by atoms with Gasteiger partial charge in [0.15, 0.2) is 0 Å². The molecule has 3 nitrogen and oxygen atoms in total. The van der Waals surface area contributed by atoms with Crippen molar-refractivity contribution in [1.82, 2.24) is 0 Å². The van der Waals surface area contributed by atoms with Crippen LogP contribution in [0.5, 0.6) is 0 Å². The second-order valence-electron chi connectivity index (χ2n) is 5.90. The van der Waals surface area contributed by atoms with Crippen molar-refractivity contribution in [1.29, 1.82) is 0 Å². The molecule has 162 valence electrons. The number of ketones is 1. The normalized spacial score (nSPS) is 13.3. The van der Waals surface area contributed by atoms with Gasteiger partial charge in [-0.3, -0.25) is 4.79 Å². The highest BCUT2D eigenvalue weighted by molar-refractivity contribution is 6.31. The number of hydrogen-bond acceptors (Lipinski definition) is 3. The molecule has 0 bridgehead atoms. The smallest absolute Gasteiger partial charge is 0.397 e. The fourth-order valence-corrected chi connectivity index (χ4v) is 2.51. The van der Waals surface area contributed by atoms with Crippen molar-refractivity contribution in [3.05, 3.63) is 64.7 Å². The molecule has 0 radical (unpaired) electrons. The van der Waals surface area contributed by atoms with E-state index in [0.717, 1.165) is 6.07 Å². The van der Waals surface area contributed by atoms with Gasteiger partial charge in [-0.2, -0.15) is 35.1 Å². The van der Waals surface area contributed by atoms with E-state index >= 15 is 0 Å². The summed E-state index contributed by atoms with van der Waals surface area (Å²) in [6.45, 7) is 0. The first-order chi connectivity index (χ1) is 13.6. The third kappa shape index (κ3) is 5.02. The number of nitrogens with two attached hydrogens (primary N) is 1. The summed E-state index contributed by atoms with van der Waals surface area (Å²) in [5.74, 6) is -8.36. The van der Waals surface area contributed by atoms with Gasteiger partial charge in [0.05, 0.1) is 22.0 Å². The molecule has 0 aromatic heterocycles. The monoisotopic (exact) mass is 458 g/mol. The molecule has 0 fully saturated rings. The van der Waals surface area contributed by atoms with Gasteiger partial charge in [-0.15, -0.1) is 0 Å². The standard InChI is InChI=1S/C18H11ClF8N2O/c19-11-7-9(5-6-10(11)17(22,23)24)14(29-13-4-2-1-3-12(13)28)8-15(30)16(20,21)18(25,26)27/h1-8,29H,28H2. The van der Waals surface area contributed by atoms with E-state index in [4.69, 9.17) is 17.3 Å². The zero-order chi connectivity index (χ0) is 22.9. The first-order valence-corrected chi connectivity index (χ1v) is 8.21. The lowest BCUT2D eigenvalue weighted by atomic mass is 10.0. The Labute approximate surface area is 169 Å². The largest absolute Gasteiger partial charge is 0.461 e. The number of benzene rings is 2. The fraction of sp³-hybridized carbons (Fsp3) is 0.167. The van der Waals surface area contributed by atoms with Gasteiger partial charge < -0.3 is 11.1 Å². The summed E-state index contributed by atoms with van der Waals surface area (Å²) in [7, 11) is 0. The van der Waals surface area contributed by atoms with Crippen LogP contribution >= 0.6 is 11.6 Å². The van der Waals surface area contributed by atoms with Crippen molar-refractivity contribution in [3.8, 4) is 0 Å². The zero-order valence-electron chi connectivity index (χ0n) is 14.5. The summed E-state index contributed by atoms with van der Waals surface area (Å²) in [5.41, 5.74) is 3.40. The van der Waals surface area contributed by atoms with E-state index in [-0.39, 0.29) is 23.0 Å². The summed E-state index contributed by atoms with van der Waals surface area (Å²) >= 11 is 5.58. The number of anilines is 2. The van der Waals surface area contributed by atoms with Crippen molar-refractivity contribution >= 4 is 34.5 Å². The summed E-state index contributed by atoms with van der Waals surface area (Å²) in [4.78, 5) is 11.7. The van der Waals surface area contributed by atoms with E-state index in [0.29, 0.717) is 12.1 Å². The van der Waals surface area contributed by atoms with Gasteiger partial charge in [-0.25, -0.2) is 0 Å². The maximum atomic E-state index is 13.4. The minimum atomic E-state index is -6.17. The molecule has 2 aromatic rings. The Morgan fingerprint density at radius 3 is 2.07 bits per heavy atom. The molecule has 0 aliphatic rings. The van der Waals surface area contributed by atoms with Crippen LogP contribution in [0.15, 0.2) is 48.5 Å². The van der Waals surface area contributed by atoms with Crippen LogP contribution in [0.25, 0.3) is 5.70 Å². The van der Waals surface area contributed by atoms with Crippen molar-refractivity contribution < 1.29 is 39.9 Å². The lowest BCUT2D eigenvalue weighted by Crippen LogP contribution is -2.43. The predicted octanol–water partition coefficient (Wildman–Crippen LogP) is 6.16. The van der Waals surface area contributed by atoms with E-state index < -0.39 is 40.3 Å². The maximum absolute atomic E-state index is 13.4. The average Bonchev–Trinajstić information content (AvgIpc) is 2.60. The molecule has 0 aliphatic carbocycles. The van der Waals surface area contributed by atoms with E-state index in [1.54, 1.807) is 0 Å². The number of carbonyl (C=O) groups excluding carboxylic acids is 1. The van der Waals surface area contributed by atoms with Gasteiger partial charge in [0.2, 0.25) is 5.78 Å². The van der Waals surface area contributed by atoms with Crippen LogP contribution in [0.3, 0.4) is 0 Å². The summed E-state index contributed by atoms with van der Waals surface area (Å²) in [5, 5.41) is 1.52. The number of alkyl halides is 8. The van der Waals surface area contributed by atoms with Crippen molar-refractivity contribution in [3.63, 3.8) is 0 Å². The molecule has 0 spiro atoms. The zero-order valence-corrected chi connectivity index (χ0v) is 15.3. The molecule has 0 amide bonds. The Kier molecular flexibility index (Phi) is 6.36. The Hall–Kier alpha value is -2.82. The number of para-hydroxylation sites is 2. The summed E-state index contributed by atoms with van der Waals surface area (Å²) < 4.78 is 103. The molecular formula is C18H11ClF8N2O. The van der Waals surface area contributed by atoms with E-state index in [1.165, 1.54) is 24.3 Å². The highest BCUT2D eigenvalue weighted by Gasteiger charge is 2.62. The van der Waals surface area contributed by atoms with Crippen LogP contribution in [-0.2, 0) is 11.0 Å². The van der Waals surface area contributed by atoms with Crippen molar-refractivity contribution in [2.75, 3.05) is 11.1 Å². The van der Waals surface area contributed by atoms with Gasteiger partial charge in [-0.1, -0.05) is 29.8 Å². The Bertz CT molecular complexity index is 983. The topological polar surface area (TPSA) is 55.1 Å². The SMILES string of the molecule is Nc1ccccc1NC(=CC(=O)C(F)(F)C(F)(F)F)c1ccc(C(F)(F)F)c(Cl)c1. The molecule has 12 heteroatoms. The quantitative estimate of drug-likeness (QED) is 0.320. The van der Waals surface area contributed by atoms with Gasteiger partial charge in [0.1, 0.15) is 0 Å². The number of halogens is 9. The number of carbonyl (C=O) groups is 1. The lowest BCUT2D eigenvalue weighted by Gasteiger charge is -2.19. The first kappa shape index (κ1) is 23.5. The average molecular weight is 459 g/mol. The predicted molar refractivity (Wildman–Crippen MR) is 94.9 cm³/mol. The maximum Gasteiger partial charge on any atom is 0.461 e. The Balaban J connectivity index is 2.59. The van der Waals surface area contributed by atoms with Gasteiger partial charge in [-0.05, 0) is 29.8 Å². The van der Waals surface area contributed by atoms with Crippen molar-refractivity contribution in [2.24, 2.45) is 0 Å². The second kappa shape index (κ2) is 8.13. The number of allylic oxidation sites excluding steroid dienone is 1. The number of hydrogen-bond donors (Lipinski definition) is 2. The highest BCUT2D eigenvalue weighted by Crippen LogP contribution is 2.39. The molecule has 0 atom stereocenters. The minimum Gasteiger partial charge on any atom is -0.397 e. The Morgan fingerprint density at radius 2 is 1.57 bits per heavy atom. The molecule has 2 aromatic carbocycles. The van der Waals surface area contributed by atoms with Gasteiger partial charge in [0, 0.05) is 11.8 Å². The Morgan fingerprint density at radius 1 is 0.967 bits per heavy atom. The molecule has 3 N–H and O–H groups in total. The minimum absolute atomic E-state index is 0.00268.